The number of aromatic carboxylic acids is 1. The molecule has 0 aliphatic carbocycles. The summed E-state index contributed by atoms with van der Waals surface area (Å²) in [6, 6.07) is 5.73. The molecule has 2 aromatic rings. The SMILES string of the molecule is COc1cc(NCS(=O)(=O)O)c(OC)cc1/N=N/c1cc(S(=O)(=O)CCOSOOO)ccc1C(=O)O. The van der Waals surface area contributed by atoms with Crippen molar-refractivity contribution in [3.8, 4) is 11.5 Å². The average Bonchev–Trinajstić information content (AvgIpc) is 2.85. The van der Waals surface area contributed by atoms with Crippen molar-refractivity contribution < 1.29 is 59.6 Å². The molecule has 37 heavy (non-hydrogen) atoms. The van der Waals surface area contributed by atoms with Gasteiger partial charge in [-0.2, -0.15) is 8.42 Å². The van der Waals surface area contributed by atoms with Crippen LogP contribution in [0.15, 0.2) is 45.5 Å². The van der Waals surface area contributed by atoms with Gasteiger partial charge in [-0.3, -0.25) is 8.74 Å². The average molecular weight is 584 g/mol. The van der Waals surface area contributed by atoms with Crippen molar-refractivity contribution >= 4 is 55.3 Å². The zero-order chi connectivity index (χ0) is 27.6. The molecule has 0 aliphatic rings. The number of hydrogen-bond acceptors (Lipinski definition) is 15. The molecule has 0 heterocycles. The summed E-state index contributed by atoms with van der Waals surface area (Å²) in [4.78, 5) is 11.4. The highest BCUT2D eigenvalue weighted by atomic mass is 32.2. The molecule has 0 saturated carbocycles. The van der Waals surface area contributed by atoms with Crippen LogP contribution in [0.5, 0.6) is 11.5 Å². The topological polar surface area (TPSA) is 229 Å². The highest BCUT2D eigenvalue weighted by Gasteiger charge is 2.20. The van der Waals surface area contributed by atoms with Crippen LogP contribution >= 0.6 is 12.3 Å². The van der Waals surface area contributed by atoms with Gasteiger partial charge >= 0.3 is 5.97 Å². The molecule has 16 nitrogen and oxygen atoms in total. The fourth-order valence-corrected chi connectivity index (χ4v) is 4.43. The van der Waals surface area contributed by atoms with Crippen molar-refractivity contribution in [3.05, 3.63) is 35.9 Å². The molecule has 0 aliphatic heterocycles. The van der Waals surface area contributed by atoms with Crippen LogP contribution < -0.4 is 14.8 Å². The Morgan fingerprint density at radius 2 is 1.70 bits per heavy atom. The molecule has 0 amide bonds. The summed E-state index contributed by atoms with van der Waals surface area (Å²) in [6.45, 7) is -0.358. The number of rotatable bonds is 15. The summed E-state index contributed by atoms with van der Waals surface area (Å²) in [5.41, 5.74) is -0.486. The number of anilines is 1. The first-order valence-corrected chi connectivity index (χ1v) is 13.6. The lowest BCUT2D eigenvalue weighted by Crippen LogP contribution is -2.13. The minimum atomic E-state index is -4.35. The molecule has 2 rings (SSSR count). The van der Waals surface area contributed by atoms with E-state index in [2.05, 4.69) is 24.9 Å². The van der Waals surface area contributed by atoms with Crippen LogP contribution in [0.2, 0.25) is 0 Å². The smallest absolute Gasteiger partial charge is 0.337 e. The summed E-state index contributed by atoms with van der Waals surface area (Å²) in [7, 11) is -5.74. The number of hydrogen-bond donors (Lipinski definition) is 4. The number of nitrogens with one attached hydrogen (secondary N) is 1. The zero-order valence-corrected chi connectivity index (χ0v) is 21.5. The number of nitrogens with zero attached hydrogens (tertiary/aromatic N) is 2. The highest BCUT2D eigenvalue weighted by Crippen LogP contribution is 2.39. The molecule has 2 aromatic carbocycles. The fraction of sp³-hybridized carbons (Fsp3) is 0.278. The van der Waals surface area contributed by atoms with Crippen LogP contribution in [-0.4, -0.2) is 70.2 Å². The quantitative estimate of drug-likeness (QED) is 0.0590. The third kappa shape index (κ3) is 9.09. The Hall–Kier alpha value is -3.04. The Morgan fingerprint density at radius 1 is 1.03 bits per heavy atom. The molecule has 0 atom stereocenters. The van der Waals surface area contributed by atoms with E-state index in [-0.39, 0.29) is 58.0 Å². The van der Waals surface area contributed by atoms with E-state index in [0.29, 0.717) is 0 Å². The van der Waals surface area contributed by atoms with Crippen LogP contribution in [0, 0.1) is 0 Å². The van der Waals surface area contributed by atoms with Gasteiger partial charge in [-0.25, -0.2) is 18.5 Å². The summed E-state index contributed by atoms with van der Waals surface area (Å²) in [6.07, 6.45) is 0. The molecule has 19 heteroatoms. The van der Waals surface area contributed by atoms with E-state index in [1.54, 1.807) is 0 Å². The van der Waals surface area contributed by atoms with Crippen LogP contribution in [0.3, 0.4) is 0 Å². The number of sulfone groups is 1. The van der Waals surface area contributed by atoms with Crippen molar-refractivity contribution in [2.45, 2.75) is 4.90 Å². The van der Waals surface area contributed by atoms with Crippen molar-refractivity contribution in [1.29, 1.82) is 0 Å². The van der Waals surface area contributed by atoms with Gasteiger partial charge in [-0.15, -0.1) is 14.6 Å². The first-order valence-electron chi connectivity index (χ1n) is 9.65. The molecular formula is C18H21N3O13S3. The van der Waals surface area contributed by atoms with Crippen LogP contribution in [-0.2, 0) is 33.5 Å². The second-order valence-electron chi connectivity index (χ2n) is 6.66. The molecule has 0 aromatic heterocycles. The maximum atomic E-state index is 12.6. The maximum Gasteiger partial charge on any atom is 0.337 e. The number of carbonyl (C=O) groups is 1. The number of carboxylic acid groups (broad SMARTS) is 1. The number of methoxy groups -OCH3 is 2. The Bertz CT molecular complexity index is 1350. The molecule has 0 radical (unpaired) electrons. The lowest BCUT2D eigenvalue weighted by atomic mass is 10.2. The molecule has 0 fully saturated rings. The minimum absolute atomic E-state index is 0.0258. The van der Waals surface area contributed by atoms with Crippen molar-refractivity contribution in [3.63, 3.8) is 0 Å². The van der Waals surface area contributed by atoms with E-state index >= 15 is 0 Å². The van der Waals surface area contributed by atoms with E-state index in [0.717, 1.165) is 18.2 Å². The zero-order valence-electron chi connectivity index (χ0n) is 19.1. The van der Waals surface area contributed by atoms with Gasteiger partial charge in [0.05, 0.1) is 42.7 Å². The summed E-state index contributed by atoms with van der Waals surface area (Å²) >= 11 is 0.199. The number of azo groups is 1. The molecule has 204 valence electrons. The van der Waals surface area contributed by atoms with E-state index in [4.69, 9.17) is 23.5 Å². The molecule has 0 spiro atoms. The van der Waals surface area contributed by atoms with Gasteiger partial charge in [0.1, 0.15) is 28.8 Å². The standard InChI is InChI=1S/C18H21N3O13S3/c1-30-16-9-15(17(31-2)8-14(16)19-10-37(27,28)29)21-20-13-7-11(3-4-12(13)18(22)23)36(25,26)6-5-32-35-34-33-24/h3-4,7-9,19,24H,5-6,10H2,1-2H3,(H,22,23)(H,27,28,29)/b21-20+. The third-order valence-corrected chi connectivity index (χ3v) is 6.88. The Kier molecular flexibility index (Phi) is 11.0. The van der Waals surface area contributed by atoms with Crippen LogP contribution in [0.1, 0.15) is 10.4 Å². The molecule has 4 N–H and O–H groups in total. The second-order valence-corrected chi connectivity index (χ2v) is 10.7. The summed E-state index contributed by atoms with van der Waals surface area (Å²) < 4.78 is 75.3. The van der Waals surface area contributed by atoms with Crippen LogP contribution in [0.4, 0.5) is 17.1 Å². The van der Waals surface area contributed by atoms with Gasteiger partial charge in [0.2, 0.25) is 0 Å². The van der Waals surface area contributed by atoms with Gasteiger partial charge in [0, 0.05) is 12.1 Å². The predicted octanol–water partition coefficient (Wildman–Crippen LogP) is 2.85. The second kappa shape index (κ2) is 13.5. The minimum Gasteiger partial charge on any atom is -0.495 e. The Morgan fingerprint density at radius 3 is 2.30 bits per heavy atom. The third-order valence-electron chi connectivity index (χ3n) is 4.31. The summed E-state index contributed by atoms with van der Waals surface area (Å²) in [5.74, 6) is -2.59. The predicted molar refractivity (Wildman–Crippen MR) is 128 cm³/mol. The fourth-order valence-electron chi connectivity index (χ4n) is 2.67. The van der Waals surface area contributed by atoms with Gasteiger partial charge in [-0.05, 0) is 18.2 Å². The van der Waals surface area contributed by atoms with E-state index < -0.39 is 37.6 Å². The molecule has 0 bridgehead atoms. The molecular weight excluding hydrogens is 562 g/mol. The Balaban J connectivity index is 2.41. The molecule has 0 saturated heterocycles. The molecule has 0 unspecified atom stereocenters. The largest absolute Gasteiger partial charge is 0.495 e. The van der Waals surface area contributed by atoms with Crippen molar-refractivity contribution in [2.24, 2.45) is 10.2 Å². The van der Waals surface area contributed by atoms with Gasteiger partial charge in [0.15, 0.2) is 22.2 Å². The normalized spacial score (nSPS) is 12.0. The summed E-state index contributed by atoms with van der Waals surface area (Å²) in [5, 5.41) is 31.1. The van der Waals surface area contributed by atoms with Gasteiger partial charge < -0.3 is 19.9 Å². The highest BCUT2D eigenvalue weighted by molar-refractivity contribution is 7.91. The number of carboxylic acids is 1. The first kappa shape index (κ1) is 30.2. The van der Waals surface area contributed by atoms with Crippen molar-refractivity contribution in [1.82, 2.24) is 0 Å². The van der Waals surface area contributed by atoms with Crippen molar-refractivity contribution in [2.75, 3.05) is 37.8 Å². The monoisotopic (exact) mass is 583 g/mol. The lowest BCUT2D eigenvalue weighted by molar-refractivity contribution is -0.434. The Labute approximate surface area is 215 Å². The maximum absolute atomic E-state index is 12.6. The van der Waals surface area contributed by atoms with Gasteiger partial charge in [0.25, 0.3) is 10.1 Å². The van der Waals surface area contributed by atoms with E-state index in [9.17, 15) is 26.7 Å². The van der Waals surface area contributed by atoms with E-state index in [1.807, 2.05) is 0 Å². The van der Waals surface area contributed by atoms with Gasteiger partial charge in [-0.1, -0.05) is 5.04 Å². The van der Waals surface area contributed by atoms with Crippen LogP contribution in [0.25, 0.3) is 0 Å². The van der Waals surface area contributed by atoms with E-state index in [1.165, 1.54) is 26.4 Å². The number of benzene rings is 2. The first-order chi connectivity index (χ1) is 17.4. The number of ether oxygens (including phenoxy) is 2. The lowest BCUT2D eigenvalue weighted by Gasteiger charge is -2.13.